The predicted molar refractivity (Wildman–Crippen MR) is 74.0 cm³/mol. The van der Waals surface area contributed by atoms with Crippen LogP contribution in [0.4, 0.5) is 0 Å². The number of hydrogen-bond acceptors (Lipinski definition) is 4. The maximum absolute atomic E-state index is 11.6. The Hall–Kier alpha value is 0.130. The summed E-state index contributed by atoms with van der Waals surface area (Å²) >= 11 is 3.74. The summed E-state index contributed by atoms with van der Waals surface area (Å²) in [5.41, 5.74) is 5.79. The second-order valence-corrected chi connectivity index (χ2v) is 6.40. The third-order valence-electron chi connectivity index (χ3n) is 2.88. The van der Waals surface area contributed by atoms with E-state index in [2.05, 4.69) is 5.32 Å². The summed E-state index contributed by atoms with van der Waals surface area (Å²) in [4.78, 5) is 11.6. The van der Waals surface area contributed by atoms with Gasteiger partial charge in [-0.3, -0.25) is 4.79 Å². The molecule has 1 aliphatic heterocycles. The van der Waals surface area contributed by atoms with Crippen molar-refractivity contribution in [1.82, 2.24) is 5.32 Å². The van der Waals surface area contributed by atoms with E-state index in [0.717, 1.165) is 18.7 Å². The molecule has 0 unspecified atom stereocenters. The summed E-state index contributed by atoms with van der Waals surface area (Å²) in [5, 5.41) is 2.98. The second kappa shape index (κ2) is 8.25. The van der Waals surface area contributed by atoms with Gasteiger partial charge in [-0.05, 0) is 48.7 Å². The van der Waals surface area contributed by atoms with E-state index in [1.54, 1.807) is 11.8 Å². The Balaban J connectivity index is 2.12. The van der Waals surface area contributed by atoms with E-state index < -0.39 is 0 Å². The third kappa shape index (κ3) is 5.46. The predicted octanol–water partition coefficient (Wildman–Crippen LogP) is 1.33. The highest BCUT2D eigenvalue weighted by molar-refractivity contribution is 7.99. The lowest BCUT2D eigenvalue weighted by Crippen LogP contribution is -2.43. The molecular weight excluding hydrogens is 240 g/mol. The summed E-state index contributed by atoms with van der Waals surface area (Å²) in [7, 11) is 0. The smallest absolute Gasteiger partial charge is 0.236 e. The Labute approximate surface area is 107 Å². The highest BCUT2D eigenvalue weighted by Crippen LogP contribution is 2.21. The van der Waals surface area contributed by atoms with E-state index in [1.807, 2.05) is 18.0 Å². The first kappa shape index (κ1) is 14.2. The molecule has 0 aromatic carbocycles. The first-order valence-corrected chi connectivity index (χ1v) is 8.39. The van der Waals surface area contributed by atoms with Crippen LogP contribution in [0.3, 0.4) is 0 Å². The van der Waals surface area contributed by atoms with E-state index in [-0.39, 0.29) is 11.9 Å². The van der Waals surface area contributed by atoms with Crippen LogP contribution in [0, 0.1) is 5.92 Å². The van der Waals surface area contributed by atoms with Crippen molar-refractivity contribution in [2.45, 2.75) is 25.3 Å². The summed E-state index contributed by atoms with van der Waals surface area (Å²) < 4.78 is 0. The van der Waals surface area contributed by atoms with E-state index in [1.165, 1.54) is 24.3 Å². The van der Waals surface area contributed by atoms with Gasteiger partial charge in [0.15, 0.2) is 0 Å². The minimum absolute atomic E-state index is 0.0206. The largest absolute Gasteiger partial charge is 0.354 e. The molecular formula is C11H22N2OS2. The van der Waals surface area contributed by atoms with Crippen molar-refractivity contribution in [3.63, 3.8) is 0 Å². The Morgan fingerprint density at radius 1 is 1.56 bits per heavy atom. The van der Waals surface area contributed by atoms with Crippen LogP contribution in [-0.4, -0.2) is 42.0 Å². The van der Waals surface area contributed by atoms with Crippen LogP contribution in [0.15, 0.2) is 0 Å². The number of carbonyl (C=O) groups is 1. The standard InChI is InChI=1S/C11H22N2OS2/c1-15-5-4-10(12)11(14)13-8-9-2-6-16-7-3-9/h9-10H,2-8,12H2,1H3,(H,13,14)/t10-/m1/s1. The van der Waals surface area contributed by atoms with E-state index >= 15 is 0 Å². The van der Waals surface area contributed by atoms with Crippen LogP contribution < -0.4 is 11.1 Å². The number of amides is 1. The minimum Gasteiger partial charge on any atom is -0.354 e. The molecule has 1 aliphatic rings. The molecule has 0 spiro atoms. The molecule has 1 amide bonds. The van der Waals surface area contributed by atoms with Crippen molar-refractivity contribution in [2.24, 2.45) is 11.7 Å². The topological polar surface area (TPSA) is 55.1 Å². The fraction of sp³-hybridized carbons (Fsp3) is 0.909. The van der Waals surface area contributed by atoms with Crippen molar-refractivity contribution in [3.05, 3.63) is 0 Å². The SMILES string of the molecule is CSCC[C@@H](N)C(=O)NCC1CCSCC1. The Morgan fingerprint density at radius 2 is 2.25 bits per heavy atom. The van der Waals surface area contributed by atoms with Gasteiger partial charge in [0.25, 0.3) is 0 Å². The maximum atomic E-state index is 11.6. The molecule has 1 fully saturated rings. The Bertz CT molecular complexity index is 208. The van der Waals surface area contributed by atoms with Gasteiger partial charge < -0.3 is 11.1 Å². The van der Waals surface area contributed by atoms with Crippen LogP contribution in [0.2, 0.25) is 0 Å². The summed E-state index contributed by atoms with van der Waals surface area (Å²) in [6.07, 6.45) is 5.26. The highest BCUT2D eigenvalue weighted by atomic mass is 32.2. The van der Waals surface area contributed by atoms with Crippen molar-refractivity contribution >= 4 is 29.4 Å². The molecule has 16 heavy (non-hydrogen) atoms. The molecule has 94 valence electrons. The molecule has 1 saturated heterocycles. The number of nitrogens with two attached hydrogens (primary N) is 1. The lowest BCUT2D eigenvalue weighted by molar-refractivity contribution is -0.122. The number of carbonyl (C=O) groups excluding carboxylic acids is 1. The van der Waals surface area contributed by atoms with Gasteiger partial charge in [-0.2, -0.15) is 23.5 Å². The van der Waals surface area contributed by atoms with E-state index in [9.17, 15) is 4.79 Å². The minimum atomic E-state index is -0.328. The molecule has 1 heterocycles. The Kier molecular flexibility index (Phi) is 7.32. The average molecular weight is 262 g/mol. The molecule has 1 rings (SSSR count). The molecule has 3 nitrogen and oxygen atoms in total. The van der Waals surface area contributed by atoms with Gasteiger partial charge in [-0.15, -0.1) is 0 Å². The fourth-order valence-electron chi connectivity index (χ4n) is 1.70. The van der Waals surface area contributed by atoms with Crippen molar-refractivity contribution < 1.29 is 4.79 Å². The number of thioether (sulfide) groups is 2. The molecule has 0 bridgehead atoms. The monoisotopic (exact) mass is 262 g/mol. The van der Waals surface area contributed by atoms with Gasteiger partial charge in [-0.25, -0.2) is 0 Å². The summed E-state index contributed by atoms with van der Waals surface area (Å²) in [6, 6.07) is -0.328. The molecule has 3 N–H and O–H groups in total. The van der Waals surface area contributed by atoms with Crippen LogP contribution >= 0.6 is 23.5 Å². The molecule has 1 atom stereocenters. The average Bonchev–Trinajstić information content (AvgIpc) is 2.34. The van der Waals surface area contributed by atoms with Gasteiger partial charge in [0, 0.05) is 6.54 Å². The fourth-order valence-corrected chi connectivity index (χ4v) is 3.40. The van der Waals surface area contributed by atoms with Crippen molar-refractivity contribution in [1.29, 1.82) is 0 Å². The summed E-state index contributed by atoms with van der Waals surface area (Å²) in [6.45, 7) is 0.812. The van der Waals surface area contributed by atoms with E-state index in [0.29, 0.717) is 5.92 Å². The van der Waals surface area contributed by atoms with Gasteiger partial charge >= 0.3 is 0 Å². The zero-order chi connectivity index (χ0) is 11.8. The van der Waals surface area contributed by atoms with Gasteiger partial charge in [0.05, 0.1) is 6.04 Å². The van der Waals surface area contributed by atoms with Crippen LogP contribution in [0.25, 0.3) is 0 Å². The third-order valence-corrected chi connectivity index (χ3v) is 4.57. The maximum Gasteiger partial charge on any atom is 0.236 e. The zero-order valence-electron chi connectivity index (χ0n) is 9.91. The van der Waals surface area contributed by atoms with Crippen molar-refractivity contribution in [2.75, 3.05) is 30.1 Å². The van der Waals surface area contributed by atoms with Crippen LogP contribution in [0.1, 0.15) is 19.3 Å². The van der Waals surface area contributed by atoms with Gasteiger partial charge in [0.1, 0.15) is 0 Å². The number of rotatable bonds is 6. The summed E-state index contributed by atoms with van der Waals surface area (Å²) in [5.74, 6) is 4.11. The van der Waals surface area contributed by atoms with Gasteiger partial charge in [0.2, 0.25) is 5.91 Å². The molecule has 0 radical (unpaired) electrons. The van der Waals surface area contributed by atoms with Crippen molar-refractivity contribution in [3.8, 4) is 0 Å². The number of hydrogen-bond donors (Lipinski definition) is 2. The number of nitrogens with one attached hydrogen (secondary N) is 1. The normalized spacial score (nSPS) is 19.4. The molecule has 0 aromatic rings. The molecule has 0 saturated carbocycles. The molecule has 0 aromatic heterocycles. The zero-order valence-corrected chi connectivity index (χ0v) is 11.5. The first-order chi connectivity index (χ1) is 7.74. The quantitative estimate of drug-likeness (QED) is 0.758. The first-order valence-electron chi connectivity index (χ1n) is 5.84. The molecule has 5 heteroatoms. The van der Waals surface area contributed by atoms with E-state index in [4.69, 9.17) is 5.73 Å². The molecule has 0 aliphatic carbocycles. The van der Waals surface area contributed by atoms with Crippen LogP contribution in [0.5, 0.6) is 0 Å². The lowest BCUT2D eigenvalue weighted by atomic mass is 10.0. The highest BCUT2D eigenvalue weighted by Gasteiger charge is 2.17. The second-order valence-electron chi connectivity index (χ2n) is 4.19. The van der Waals surface area contributed by atoms with Gasteiger partial charge in [-0.1, -0.05) is 0 Å². The Morgan fingerprint density at radius 3 is 2.88 bits per heavy atom. The van der Waals surface area contributed by atoms with Crippen LogP contribution in [-0.2, 0) is 4.79 Å². The lowest BCUT2D eigenvalue weighted by Gasteiger charge is -2.22.